The highest BCUT2D eigenvalue weighted by atomic mass is 19.1. The molecule has 0 saturated heterocycles. The predicted molar refractivity (Wildman–Crippen MR) is 98.3 cm³/mol. The normalized spacial score (nSPS) is 16.1. The van der Waals surface area contributed by atoms with Gasteiger partial charge in [0.2, 0.25) is 6.10 Å². The van der Waals surface area contributed by atoms with Gasteiger partial charge in [0.05, 0.1) is 12.2 Å². The van der Waals surface area contributed by atoms with Gasteiger partial charge in [-0.1, -0.05) is 48.5 Å². The number of carbonyl (C=O) groups is 1. The maximum Gasteiger partial charge on any atom is 0.273 e. The lowest BCUT2D eigenvalue weighted by atomic mass is 10.0. The van der Waals surface area contributed by atoms with Crippen LogP contribution in [0.2, 0.25) is 0 Å². The summed E-state index contributed by atoms with van der Waals surface area (Å²) in [5, 5.41) is 0. The van der Waals surface area contributed by atoms with E-state index in [0.29, 0.717) is 22.7 Å². The van der Waals surface area contributed by atoms with Crippen molar-refractivity contribution in [3.63, 3.8) is 0 Å². The molecule has 1 aliphatic heterocycles. The lowest BCUT2D eigenvalue weighted by molar-refractivity contribution is -0.126. The number of nitrogen functional groups attached to an aromatic ring is 1. The van der Waals surface area contributed by atoms with Crippen molar-refractivity contribution >= 4 is 17.3 Å². The van der Waals surface area contributed by atoms with E-state index >= 15 is 0 Å². The van der Waals surface area contributed by atoms with Crippen molar-refractivity contribution in [1.29, 1.82) is 0 Å². The minimum Gasteiger partial charge on any atom is -0.474 e. The molecular formula is C21H17FN2O2. The SMILES string of the molecule is Nc1ccc2c(c1)N(Cc1ccccc1F)C(=O)C(c1ccccc1)O2. The van der Waals surface area contributed by atoms with E-state index < -0.39 is 6.10 Å². The highest BCUT2D eigenvalue weighted by molar-refractivity contribution is 6.01. The van der Waals surface area contributed by atoms with Gasteiger partial charge in [0.15, 0.2) is 0 Å². The van der Waals surface area contributed by atoms with Crippen LogP contribution in [0, 0.1) is 5.82 Å². The number of anilines is 2. The molecule has 130 valence electrons. The van der Waals surface area contributed by atoms with E-state index in [2.05, 4.69) is 0 Å². The standard InChI is InChI=1S/C21H17FN2O2/c22-17-9-5-4-8-15(17)13-24-18-12-16(23)10-11-19(18)26-20(21(24)25)14-6-2-1-3-7-14/h1-12,20H,13,23H2. The molecule has 0 saturated carbocycles. The third kappa shape index (κ3) is 2.88. The first-order valence-corrected chi connectivity index (χ1v) is 8.29. The zero-order chi connectivity index (χ0) is 18.1. The number of halogens is 1. The lowest BCUT2D eigenvalue weighted by Gasteiger charge is -2.35. The average Bonchev–Trinajstić information content (AvgIpc) is 2.66. The van der Waals surface area contributed by atoms with Crippen molar-refractivity contribution in [3.8, 4) is 5.75 Å². The van der Waals surface area contributed by atoms with Gasteiger partial charge < -0.3 is 15.4 Å². The molecule has 0 fully saturated rings. The topological polar surface area (TPSA) is 55.6 Å². The maximum absolute atomic E-state index is 14.2. The zero-order valence-electron chi connectivity index (χ0n) is 13.9. The van der Waals surface area contributed by atoms with Gasteiger partial charge >= 0.3 is 0 Å². The number of rotatable bonds is 3. The van der Waals surface area contributed by atoms with Crippen LogP contribution in [-0.4, -0.2) is 5.91 Å². The molecule has 0 spiro atoms. The molecule has 2 N–H and O–H groups in total. The number of hydrogen-bond donors (Lipinski definition) is 1. The summed E-state index contributed by atoms with van der Waals surface area (Å²) in [7, 11) is 0. The molecule has 1 heterocycles. The van der Waals surface area contributed by atoms with E-state index in [4.69, 9.17) is 10.5 Å². The number of fused-ring (bicyclic) bond motifs is 1. The Balaban J connectivity index is 1.78. The van der Waals surface area contributed by atoms with E-state index in [-0.39, 0.29) is 18.3 Å². The van der Waals surface area contributed by atoms with Gasteiger partial charge in [-0.05, 0) is 24.3 Å². The molecule has 0 aromatic heterocycles. The fourth-order valence-corrected chi connectivity index (χ4v) is 3.08. The van der Waals surface area contributed by atoms with Crippen molar-refractivity contribution in [1.82, 2.24) is 0 Å². The molecule has 4 rings (SSSR count). The minimum absolute atomic E-state index is 0.106. The summed E-state index contributed by atoms with van der Waals surface area (Å²) in [5.41, 5.74) is 8.13. The Morgan fingerprint density at radius 1 is 1.00 bits per heavy atom. The van der Waals surface area contributed by atoms with Crippen LogP contribution in [0.4, 0.5) is 15.8 Å². The van der Waals surface area contributed by atoms with Gasteiger partial charge in [0.25, 0.3) is 5.91 Å². The van der Waals surface area contributed by atoms with Gasteiger partial charge in [-0.2, -0.15) is 0 Å². The third-order valence-electron chi connectivity index (χ3n) is 4.40. The summed E-state index contributed by atoms with van der Waals surface area (Å²) in [5.74, 6) is -0.0601. The molecule has 4 nitrogen and oxygen atoms in total. The molecule has 1 aliphatic rings. The molecule has 3 aromatic rings. The number of nitrogens with zero attached hydrogens (tertiary/aromatic N) is 1. The summed E-state index contributed by atoms with van der Waals surface area (Å²) in [6.07, 6.45) is -0.779. The van der Waals surface area contributed by atoms with Crippen LogP contribution in [0.5, 0.6) is 5.75 Å². The van der Waals surface area contributed by atoms with Crippen molar-refractivity contribution in [2.24, 2.45) is 0 Å². The number of amides is 1. The number of carbonyl (C=O) groups excluding carboxylic acids is 1. The lowest BCUT2D eigenvalue weighted by Crippen LogP contribution is -2.40. The number of ether oxygens (including phenoxy) is 1. The first-order chi connectivity index (χ1) is 12.6. The fraction of sp³-hybridized carbons (Fsp3) is 0.0952. The highest BCUT2D eigenvalue weighted by Crippen LogP contribution is 2.40. The Labute approximate surface area is 150 Å². The van der Waals surface area contributed by atoms with Crippen molar-refractivity contribution in [2.45, 2.75) is 12.6 Å². The molecule has 0 aliphatic carbocycles. The van der Waals surface area contributed by atoms with Crippen molar-refractivity contribution in [2.75, 3.05) is 10.6 Å². The summed E-state index contributed by atoms with van der Waals surface area (Å²) in [6, 6.07) is 20.8. The summed E-state index contributed by atoms with van der Waals surface area (Å²) in [6.45, 7) is 0.106. The van der Waals surface area contributed by atoms with Crippen LogP contribution in [0.1, 0.15) is 17.2 Å². The van der Waals surface area contributed by atoms with Crippen LogP contribution in [0.3, 0.4) is 0 Å². The monoisotopic (exact) mass is 348 g/mol. The van der Waals surface area contributed by atoms with E-state index in [1.54, 1.807) is 36.4 Å². The smallest absolute Gasteiger partial charge is 0.273 e. The Hall–Kier alpha value is -3.34. The van der Waals surface area contributed by atoms with Gasteiger partial charge in [0.1, 0.15) is 11.6 Å². The maximum atomic E-state index is 14.2. The molecule has 1 unspecified atom stereocenters. The van der Waals surface area contributed by atoms with Crippen LogP contribution in [0.25, 0.3) is 0 Å². The second-order valence-corrected chi connectivity index (χ2v) is 6.15. The molecule has 3 aromatic carbocycles. The van der Waals surface area contributed by atoms with Crippen LogP contribution < -0.4 is 15.4 Å². The average molecular weight is 348 g/mol. The van der Waals surface area contributed by atoms with Crippen molar-refractivity contribution in [3.05, 3.63) is 89.7 Å². The fourth-order valence-electron chi connectivity index (χ4n) is 3.08. The summed E-state index contributed by atoms with van der Waals surface area (Å²) >= 11 is 0. The number of hydrogen-bond acceptors (Lipinski definition) is 3. The van der Waals surface area contributed by atoms with E-state index in [9.17, 15) is 9.18 Å². The highest BCUT2D eigenvalue weighted by Gasteiger charge is 2.35. The Morgan fingerprint density at radius 2 is 1.73 bits per heavy atom. The number of nitrogens with two attached hydrogens (primary N) is 1. The predicted octanol–water partition coefficient (Wildman–Crippen LogP) is 4.07. The molecule has 26 heavy (non-hydrogen) atoms. The van der Waals surface area contributed by atoms with Gasteiger partial charge in [-0.25, -0.2) is 4.39 Å². The quantitative estimate of drug-likeness (QED) is 0.726. The molecule has 1 amide bonds. The minimum atomic E-state index is -0.779. The molecule has 0 radical (unpaired) electrons. The van der Waals surface area contributed by atoms with E-state index in [1.807, 2.05) is 30.3 Å². The van der Waals surface area contributed by atoms with E-state index in [0.717, 1.165) is 5.56 Å². The summed E-state index contributed by atoms with van der Waals surface area (Å²) in [4.78, 5) is 14.7. The third-order valence-corrected chi connectivity index (χ3v) is 4.40. The summed E-state index contributed by atoms with van der Waals surface area (Å²) < 4.78 is 20.1. The van der Waals surface area contributed by atoms with E-state index in [1.165, 1.54) is 11.0 Å². The Kier molecular flexibility index (Phi) is 4.05. The molecular weight excluding hydrogens is 331 g/mol. The number of benzene rings is 3. The molecule has 1 atom stereocenters. The van der Waals surface area contributed by atoms with Crippen LogP contribution in [0.15, 0.2) is 72.8 Å². The largest absolute Gasteiger partial charge is 0.474 e. The van der Waals surface area contributed by atoms with Gasteiger partial charge in [-0.3, -0.25) is 4.79 Å². The van der Waals surface area contributed by atoms with Gasteiger partial charge in [-0.15, -0.1) is 0 Å². The van der Waals surface area contributed by atoms with Crippen LogP contribution in [-0.2, 0) is 11.3 Å². The molecule has 5 heteroatoms. The first-order valence-electron chi connectivity index (χ1n) is 8.29. The Morgan fingerprint density at radius 3 is 2.50 bits per heavy atom. The van der Waals surface area contributed by atoms with Crippen LogP contribution >= 0.6 is 0 Å². The second-order valence-electron chi connectivity index (χ2n) is 6.15. The van der Waals surface area contributed by atoms with Gasteiger partial charge in [0, 0.05) is 16.8 Å². The zero-order valence-corrected chi connectivity index (χ0v) is 13.9. The van der Waals surface area contributed by atoms with Crippen molar-refractivity contribution < 1.29 is 13.9 Å². The molecule has 0 bridgehead atoms. The first kappa shape index (κ1) is 16.1. The Bertz CT molecular complexity index is 959. The second kappa shape index (κ2) is 6.52.